The fraction of sp³-hybridized carbons (Fsp3) is 0.357. The molecule has 1 aromatic heterocycles. The average molecular weight is 291 g/mol. The van der Waals surface area contributed by atoms with E-state index in [9.17, 15) is 9.59 Å². The fourth-order valence-corrected chi connectivity index (χ4v) is 1.71. The number of aromatic nitrogens is 2. The van der Waals surface area contributed by atoms with Crippen molar-refractivity contribution < 1.29 is 9.59 Å². The van der Waals surface area contributed by atoms with Crippen molar-refractivity contribution in [2.24, 2.45) is 0 Å². The summed E-state index contributed by atoms with van der Waals surface area (Å²) in [5.74, 6) is -0.308. The summed E-state index contributed by atoms with van der Waals surface area (Å²) in [6, 6.07) is 0. The van der Waals surface area contributed by atoms with Crippen LogP contribution in [0.25, 0.3) is 0 Å². The lowest BCUT2D eigenvalue weighted by molar-refractivity contribution is -0.121. The van der Waals surface area contributed by atoms with Gasteiger partial charge in [-0.05, 0) is 0 Å². The molecule has 7 nitrogen and oxygen atoms in total. The molecule has 0 aromatic carbocycles. The maximum atomic E-state index is 11.9. The summed E-state index contributed by atoms with van der Waals surface area (Å²) < 4.78 is 1.46. The summed E-state index contributed by atoms with van der Waals surface area (Å²) in [4.78, 5) is 25.0. The molecular weight excluding hydrogens is 270 g/mol. The number of hydrogen-bond donors (Lipinski definition) is 2. The standard InChI is InChI=1S/C14H21N5O2/c1-4-6-18(7-5-2)10-14(21)17-12-8-16-19(9-12)11-13(20)15-3/h4-5,8-9H,1-2,6-7,10-11H2,3H3,(H,15,20)(H,17,21). The second-order valence-corrected chi connectivity index (χ2v) is 4.42. The first-order valence-corrected chi connectivity index (χ1v) is 6.56. The second kappa shape index (κ2) is 8.70. The van der Waals surface area contributed by atoms with Crippen molar-refractivity contribution in [3.05, 3.63) is 37.7 Å². The van der Waals surface area contributed by atoms with Gasteiger partial charge in [0.25, 0.3) is 0 Å². The third kappa shape index (κ3) is 6.05. The summed E-state index contributed by atoms with van der Waals surface area (Å²) in [6.45, 7) is 8.87. The first-order chi connectivity index (χ1) is 10.1. The molecule has 0 saturated heterocycles. The molecular formula is C14H21N5O2. The average Bonchev–Trinajstić information content (AvgIpc) is 2.86. The van der Waals surface area contributed by atoms with Gasteiger partial charge in [-0.3, -0.25) is 19.2 Å². The lowest BCUT2D eigenvalue weighted by Crippen LogP contribution is -2.33. The van der Waals surface area contributed by atoms with E-state index in [2.05, 4.69) is 28.9 Å². The van der Waals surface area contributed by atoms with Crippen molar-refractivity contribution in [2.75, 3.05) is 32.0 Å². The van der Waals surface area contributed by atoms with Gasteiger partial charge in [0.05, 0.1) is 18.4 Å². The molecule has 0 aliphatic rings. The van der Waals surface area contributed by atoms with Crippen LogP contribution in [0.2, 0.25) is 0 Å². The topological polar surface area (TPSA) is 79.3 Å². The van der Waals surface area contributed by atoms with Crippen molar-refractivity contribution in [3.8, 4) is 0 Å². The Hall–Kier alpha value is -2.41. The van der Waals surface area contributed by atoms with E-state index >= 15 is 0 Å². The molecule has 0 saturated carbocycles. The van der Waals surface area contributed by atoms with Gasteiger partial charge in [0, 0.05) is 26.3 Å². The van der Waals surface area contributed by atoms with Crippen LogP contribution in [0.4, 0.5) is 5.69 Å². The van der Waals surface area contributed by atoms with Crippen LogP contribution < -0.4 is 10.6 Å². The largest absolute Gasteiger partial charge is 0.358 e. The zero-order chi connectivity index (χ0) is 15.7. The molecule has 1 aromatic rings. The van der Waals surface area contributed by atoms with E-state index in [0.29, 0.717) is 18.8 Å². The van der Waals surface area contributed by atoms with Crippen LogP contribution in [0.5, 0.6) is 0 Å². The third-order valence-corrected chi connectivity index (χ3v) is 2.64. The van der Waals surface area contributed by atoms with Gasteiger partial charge in [-0.1, -0.05) is 12.2 Å². The van der Waals surface area contributed by atoms with Crippen LogP contribution in [-0.2, 0) is 16.1 Å². The molecule has 21 heavy (non-hydrogen) atoms. The summed E-state index contributed by atoms with van der Waals surface area (Å²) in [5, 5.41) is 9.25. The first kappa shape index (κ1) is 16.6. The molecule has 114 valence electrons. The minimum absolute atomic E-state index is 0.116. The molecule has 0 aliphatic carbocycles. The van der Waals surface area contributed by atoms with Crippen molar-refractivity contribution in [2.45, 2.75) is 6.54 Å². The lowest BCUT2D eigenvalue weighted by Gasteiger charge is -2.17. The molecule has 7 heteroatoms. The van der Waals surface area contributed by atoms with Crippen molar-refractivity contribution in [1.29, 1.82) is 0 Å². The third-order valence-electron chi connectivity index (χ3n) is 2.64. The molecule has 0 bridgehead atoms. The summed E-state index contributed by atoms with van der Waals surface area (Å²) >= 11 is 0. The van der Waals surface area contributed by atoms with E-state index in [0.717, 1.165) is 0 Å². The molecule has 0 atom stereocenters. The van der Waals surface area contributed by atoms with E-state index in [1.807, 2.05) is 4.90 Å². The lowest BCUT2D eigenvalue weighted by atomic mass is 10.4. The normalized spacial score (nSPS) is 10.2. The maximum absolute atomic E-state index is 11.9. The number of anilines is 1. The smallest absolute Gasteiger partial charge is 0.241 e. The highest BCUT2D eigenvalue weighted by molar-refractivity contribution is 5.92. The van der Waals surface area contributed by atoms with Crippen LogP contribution >= 0.6 is 0 Å². The molecule has 0 aliphatic heterocycles. The number of amides is 2. The molecule has 0 unspecified atom stereocenters. The van der Waals surface area contributed by atoms with Crippen LogP contribution in [-0.4, -0.2) is 53.2 Å². The fourth-order valence-electron chi connectivity index (χ4n) is 1.71. The second-order valence-electron chi connectivity index (χ2n) is 4.42. The molecule has 1 heterocycles. The van der Waals surface area contributed by atoms with Gasteiger partial charge in [-0.2, -0.15) is 5.10 Å². The van der Waals surface area contributed by atoms with Crippen molar-refractivity contribution in [3.63, 3.8) is 0 Å². The minimum atomic E-state index is -0.154. The van der Waals surface area contributed by atoms with E-state index < -0.39 is 0 Å². The molecule has 1 rings (SSSR count). The van der Waals surface area contributed by atoms with E-state index in [-0.39, 0.29) is 24.9 Å². The Balaban J connectivity index is 2.52. The summed E-state index contributed by atoms with van der Waals surface area (Å²) in [6.07, 6.45) is 6.58. The Bertz CT molecular complexity index is 499. The highest BCUT2D eigenvalue weighted by Crippen LogP contribution is 2.05. The van der Waals surface area contributed by atoms with Gasteiger partial charge in [-0.15, -0.1) is 13.2 Å². The molecule has 2 amide bonds. The minimum Gasteiger partial charge on any atom is -0.358 e. The Morgan fingerprint density at radius 2 is 2.00 bits per heavy atom. The number of likely N-dealkylation sites (N-methyl/N-ethyl adjacent to an activating group) is 1. The van der Waals surface area contributed by atoms with Crippen LogP contribution in [0.15, 0.2) is 37.7 Å². The zero-order valence-electron chi connectivity index (χ0n) is 12.2. The van der Waals surface area contributed by atoms with E-state index in [1.165, 1.54) is 10.9 Å². The monoisotopic (exact) mass is 291 g/mol. The van der Waals surface area contributed by atoms with E-state index in [1.54, 1.807) is 25.4 Å². The van der Waals surface area contributed by atoms with Crippen molar-refractivity contribution in [1.82, 2.24) is 20.0 Å². The number of nitrogens with one attached hydrogen (secondary N) is 2. The van der Waals surface area contributed by atoms with Crippen LogP contribution in [0.3, 0.4) is 0 Å². The molecule has 0 radical (unpaired) electrons. The van der Waals surface area contributed by atoms with Gasteiger partial charge in [0.2, 0.25) is 11.8 Å². The van der Waals surface area contributed by atoms with Gasteiger partial charge < -0.3 is 10.6 Å². The highest BCUT2D eigenvalue weighted by Gasteiger charge is 2.10. The predicted octanol–water partition coefficient (Wildman–Crippen LogP) is 0.242. The highest BCUT2D eigenvalue weighted by atomic mass is 16.2. The SMILES string of the molecule is C=CCN(CC=C)CC(=O)Nc1cnn(CC(=O)NC)c1. The van der Waals surface area contributed by atoms with Gasteiger partial charge >= 0.3 is 0 Å². The van der Waals surface area contributed by atoms with Crippen molar-refractivity contribution >= 4 is 17.5 Å². The Kier molecular flexibility index (Phi) is 6.90. The predicted molar refractivity (Wildman–Crippen MR) is 81.8 cm³/mol. The Morgan fingerprint density at radius 3 is 2.57 bits per heavy atom. The van der Waals surface area contributed by atoms with Gasteiger partial charge in [0.15, 0.2) is 0 Å². The Labute approximate surface area is 124 Å². The zero-order valence-corrected chi connectivity index (χ0v) is 12.2. The Morgan fingerprint density at radius 1 is 1.33 bits per heavy atom. The number of nitrogens with zero attached hydrogens (tertiary/aromatic N) is 3. The number of rotatable bonds is 9. The van der Waals surface area contributed by atoms with Gasteiger partial charge in [-0.25, -0.2) is 0 Å². The van der Waals surface area contributed by atoms with Gasteiger partial charge in [0.1, 0.15) is 6.54 Å². The number of hydrogen-bond acceptors (Lipinski definition) is 4. The summed E-state index contributed by atoms with van der Waals surface area (Å²) in [7, 11) is 1.56. The summed E-state index contributed by atoms with van der Waals surface area (Å²) in [5.41, 5.74) is 0.557. The van der Waals surface area contributed by atoms with Crippen LogP contribution in [0.1, 0.15) is 0 Å². The quantitative estimate of drug-likeness (QED) is 0.639. The first-order valence-electron chi connectivity index (χ1n) is 6.56. The maximum Gasteiger partial charge on any atom is 0.241 e. The molecule has 0 spiro atoms. The molecule has 0 fully saturated rings. The van der Waals surface area contributed by atoms with Crippen LogP contribution in [0, 0.1) is 0 Å². The number of carbonyl (C=O) groups excluding carboxylic acids is 2. The number of carbonyl (C=O) groups is 2. The van der Waals surface area contributed by atoms with E-state index in [4.69, 9.17) is 0 Å². The molecule has 2 N–H and O–H groups in total.